The number of methoxy groups -OCH3 is 2. The summed E-state index contributed by atoms with van der Waals surface area (Å²) < 4.78 is 9.79. The second kappa shape index (κ2) is 8.31. The molecular weight excluding hydrogens is 294 g/mol. The van der Waals surface area contributed by atoms with Gasteiger partial charge in [0.25, 0.3) is 0 Å². The highest BCUT2D eigenvalue weighted by Crippen LogP contribution is 2.22. The fourth-order valence-electron chi connectivity index (χ4n) is 2.30. The molecule has 0 bridgehead atoms. The molecule has 2 aromatic carbocycles. The smallest absolute Gasteiger partial charge is 0.336 e. The second-order valence-electron chi connectivity index (χ2n) is 5.09. The Morgan fingerprint density at radius 3 is 2.30 bits per heavy atom. The Morgan fingerprint density at radius 1 is 1.09 bits per heavy atom. The lowest BCUT2D eigenvalue weighted by Crippen LogP contribution is -2.37. The zero-order valence-electron chi connectivity index (χ0n) is 13.2. The maximum atomic E-state index is 11.7. The number of hydrogen-bond acceptors (Lipinski definition) is 5. The molecule has 122 valence electrons. The van der Waals surface area contributed by atoms with Crippen molar-refractivity contribution in [2.75, 3.05) is 14.2 Å². The largest absolute Gasteiger partial charge is 0.497 e. The highest BCUT2D eigenvalue weighted by molar-refractivity contribution is 5.75. The minimum absolute atomic E-state index is 0.519. The molecule has 5 heteroatoms. The van der Waals surface area contributed by atoms with Crippen LogP contribution in [0.25, 0.3) is 0 Å². The van der Waals surface area contributed by atoms with E-state index in [4.69, 9.17) is 4.74 Å². The minimum atomic E-state index is -1.29. The van der Waals surface area contributed by atoms with E-state index in [-0.39, 0.29) is 0 Å². The molecule has 0 aliphatic heterocycles. The van der Waals surface area contributed by atoms with Crippen LogP contribution in [0, 0.1) is 0 Å². The van der Waals surface area contributed by atoms with Gasteiger partial charge in [-0.1, -0.05) is 42.5 Å². The van der Waals surface area contributed by atoms with Crippen molar-refractivity contribution in [3.8, 4) is 5.75 Å². The van der Waals surface area contributed by atoms with Crippen molar-refractivity contribution in [1.82, 2.24) is 5.32 Å². The lowest BCUT2D eigenvalue weighted by molar-refractivity contribution is -0.152. The lowest BCUT2D eigenvalue weighted by atomic mass is 10.0. The van der Waals surface area contributed by atoms with Crippen LogP contribution in [-0.2, 0) is 16.1 Å². The van der Waals surface area contributed by atoms with Gasteiger partial charge in [0, 0.05) is 6.54 Å². The number of aliphatic hydroxyl groups is 1. The highest BCUT2D eigenvalue weighted by Gasteiger charge is 2.28. The molecule has 2 aromatic rings. The van der Waals surface area contributed by atoms with Gasteiger partial charge in [0.2, 0.25) is 0 Å². The minimum Gasteiger partial charge on any atom is -0.497 e. The predicted molar refractivity (Wildman–Crippen MR) is 87.0 cm³/mol. The Labute approximate surface area is 135 Å². The number of aliphatic hydroxyl groups excluding tert-OH is 1. The molecule has 0 aromatic heterocycles. The van der Waals surface area contributed by atoms with Crippen LogP contribution in [0.5, 0.6) is 5.75 Å². The number of hydrogen-bond donors (Lipinski definition) is 2. The summed E-state index contributed by atoms with van der Waals surface area (Å²) in [5.74, 6) is 0.0366. The fourth-order valence-corrected chi connectivity index (χ4v) is 2.30. The molecule has 2 atom stereocenters. The zero-order chi connectivity index (χ0) is 16.7. The van der Waals surface area contributed by atoms with Crippen molar-refractivity contribution < 1.29 is 19.4 Å². The first-order valence-corrected chi connectivity index (χ1v) is 7.33. The summed E-state index contributed by atoms with van der Waals surface area (Å²) in [7, 11) is 2.84. The van der Waals surface area contributed by atoms with Gasteiger partial charge in [-0.25, -0.2) is 4.79 Å². The predicted octanol–water partition coefficient (Wildman–Crippen LogP) is 2.06. The van der Waals surface area contributed by atoms with Crippen molar-refractivity contribution in [3.63, 3.8) is 0 Å². The van der Waals surface area contributed by atoms with Gasteiger partial charge in [0.15, 0.2) is 6.10 Å². The SMILES string of the molecule is COC(=O)[C@H](O)[C@@H](NCc1ccccc1)c1ccc(OC)cc1. The van der Waals surface area contributed by atoms with Crippen LogP contribution in [0.2, 0.25) is 0 Å². The maximum absolute atomic E-state index is 11.7. The van der Waals surface area contributed by atoms with E-state index in [1.54, 1.807) is 19.2 Å². The van der Waals surface area contributed by atoms with E-state index in [2.05, 4.69) is 10.1 Å². The van der Waals surface area contributed by atoms with Gasteiger partial charge in [0.05, 0.1) is 20.3 Å². The van der Waals surface area contributed by atoms with Crippen LogP contribution in [0.3, 0.4) is 0 Å². The van der Waals surface area contributed by atoms with Crippen LogP contribution in [0.1, 0.15) is 17.2 Å². The quantitative estimate of drug-likeness (QED) is 0.766. The summed E-state index contributed by atoms with van der Waals surface area (Å²) >= 11 is 0. The summed E-state index contributed by atoms with van der Waals surface area (Å²) in [6.45, 7) is 0.519. The van der Waals surface area contributed by atoms with E-state index in [9.17, 15) is 9.90 Å². The summed E-state index contributed by atoms with van der Waals surface area (Å²) in [6, 6.07) is 16.4. The van der Waals surface area contributed by atoms with Gasteiger partial charge in [0.1, 0.15) is 5.75 Å². The molecule has 2 rings (SSSR count). The topological polar surface area (TPSA) is 67.8 Å². The van der Waals surface area contributed by atoms with Crippen LogP contribution < -0.4 is 10.1 Å². The molecule has 0 unspecified atom stereocenters. The van der Waals surface area contributed by atoms with Crippen molar-refractivity contribution in [3.05, 3.63) is 65.7 Å². The average Bonchev–Trinajstić information content (AvgIpc) is 2.62. The fraction of sp³-hybridized carbons (Fsp3) is 0.278. The monoisotopic (exact) mass is 315 g/mol. The molecular formula is C18H21NO4. The van der Waals surface area contributed by atoms with Crippen molar-refractivity contribution in [1.29, 1.82) is 0 Å². The van der Waals surface area contributed by atoms with Crippen LogP contribution in [0.4, 0.5) is 0 Å². The normalized spacial score (nSPS) is 13.2. The first-order chi connectivity index (χ1) is 11.2. The van der Waals surface area contributed by atoms with Crippen LogP contribution >= 0.6 is 0 Å². The molecule has 2 N–H and O–H groups in total. The summed E-state index contributed by atoms with van der Waals surface area (Å²) in [4.78, 5) is 11.7. The van der Waals surface area contributed by atoms with E-state index in [0.29, 0.717) is 12.3 Å². The molecule has 5 nitrogen and oxygen atoms in total. The van der Waals surface area contributed by atoms with Crippen LogP contribution in [0.15, 0.2) is 54.6 Å². The zero-order valence-corrected chi connectivity index (χ0v) is 13.2. The van der Waals surface area contributed by atoms with Gasteiger partial charge >= 0.3 is 5.97 Å². The Morgan fingerprint density at radius 2 is 1.74 bits per heavy atom. The number of carbonyl (C=O) groups excluding carboxylic acids is 1. The molecule has 0 heterocycles. The number of nitrogens with one attached hydrogen (secondary N) is 1. The Hall–Kier alpha value is -2.37. The second-order valence-corrected chi connectivity index (χ2v) is 5.09. The van der Waals surface area contributed by atoms with Crippen molar-refractivity contribution in [2.45, 2.75) is 18.7 Å². The first kappa shape index (κ1) is 17.0. The molecule has 0 fully saturated rings. The lowest BCUT2D eigenvalue weighted by Gasteiger charge is -2.23. The molecule has 0 spiro atoms. The standard InChI is InChI=1S/C18H21NO4/c1-22-15-10-8-14(9-11-15)16(17(20)18(21)23-2)19-12-13-6-4-3-5-7-13/h3-11,16-17,19-20H,12H2,1-2H3/t16-,17+/m0/s1. The average molecular weight is 315 g/mol. The van der Waals surface area contributed by atoms with E-state index in [1.807, 2.05) is 42.5 Å². The van der Waals surface area contributed by atoms with Gasteiger partial charge < -0.3 is 19.9 Å². The van der Waals surface area contributed by atoms with Crippen LogP contribution in [-0.4, -0.2) is 31.4 Å². The molecule has 0 saturated carbocycles. The number of rotatable bonds is 7. The Bertz CT molecular complexity index is 613. The van der Waals surface area contributed by atoms with E-state index < -0.39 is 18.1 Å². The van der Waals surface area contributed by atoms with E-state index in [0.717, 1.165) is 11.1 Å². The van der Waals surface area contributed by atoms with E-state index >= 15 is 0 Å². The number of carbonyl (C=O) groups is 1. The third-order valence-electron chi connectivity index (χ3n) is 3.60. The first-order valence-electron chi connectivity index (χ1n) is 7.33. The maximum Gasteiger partial charge on any atom is 0.336 e. The molecule has 23 heavy (non-hydrogen) atoms. The summed E-state index contributed by atoms with van der Waals surface area (Å²) in [6.07, 6.45) is -1.29. The molecule has 0 aliphatic rings. The molecule has 0 saturated heterocycles. The van der Waals surface area contributed by atoms with Crippen molar-refractivity contribution >= 4 is 5.97 Å². The summed E-state index contributed by atoms with van der Waals surface area (Å²) in [5, 5.41) is 13.5. The number of esters is 1. The summed E-state index contributed by atoms with van der Waals surface area (Å²) in [5.41, 5.74) is 1.84. The van der Waals surface area contributed by atoms with Gasteiger partial charge in [-0.2, -0.15) is 0 Å². The van der Waals surface area contributed by atoms with Crippen molar-refractivity contribution in [2.24, 2.45) is 0 Å². The third kappa shape index (κ3) is 4.55. The Kier molecular flexibility index (Phi) is 6.14. The van der Waals surface area contributed by atoms with E-state index in [1.165, 1.54) is 7.11 Å². The van der Waals surface area contributed by atoms with Gasteiger partial charge in [-0.15, -0.1) is 0 Å². The number of ether oxygens (including phenoxy) is 2. The van der Waals surface area contributed by atoms with Gasteiger partial charge in [-0.05, 0) is 23.3 Å². The molecule has 0 aliphatic carbocycles. The molecule has 0 amide bonds. The highest BCUT2D eigenvalue weighted by atomic mass is 16.5. The van der Waals surface area contributed by atoms with Gasteiger partial charge in [-0.3, -0.25) is 0 Å². The Balaban J connectivity index is 2.18. The third-order valence-corrected chi connectivity index (χ3v) is 3.60. The number of benzene rings is 2. The molecule has 0 radical (unpaired) electrons.